The highest BCUT2D eigenvalue weighted by atomic mass is 35.5. The Kier molecular flexibility index (Phi) is 4.89. The minimum atomic E-state index is -3.21. The third-order valence-electron chi connectivity index (χ3n) is 5.83. The first-order valence-corrected chi connectivity index (χ1v) is 11.0. The maximum atomic E-state index is 13.3. The van der Waals surface area contributed by atoms with Crippen LogP contribution in [0.1, 0.15) is 45.1 Å². The zero-order valence-corrected chi connectivity index (χ0v) is 16.8. The van der Waals surface area contributed by atoms with Crippen molar-refractivity contribution < 1.29 is 13.2 Å². The normalized spacial score (nSPS) is 24.2. The Hall–Kier alpha value is -0.780. The van der Waals surface area contributed by atoms with E-state index in [2.05, 4.69) is 0 Å². The van der Waals surface area contributed by atoms with Gasteiger partial charge in [0.1, 0.15) is 0 Å². The van der Waals surface area contributed by atoms with Crippen molar-refractivity contribution in [1.29, 1.82) is 0 Å². The van der Waals surface area contributed by atoms with Crippen LogP contribution in [0.5, 0.6) is 0 Å². The van der Waals surface area contributed by atoms with Gasteiger partial charge in [-0.15, -0.1) is 0 Å². The number of benzene rings is 1. The lowest BCUT2D eigenvalue weighted by Gasteiger charge is -2.44. The Morgan fingerprint density at radius 3 is 2.32 bits per heavy atom. The molecule has 1 aliphatic heterocycles. The van der Waals surface area contributed by atoms with Crippen molar-refractivity contribution in [3.8, 4) is 0 Å². The Balaban J connectivity index is 1.89. The second-order valence-electron chi connectivity index (χ2n) is 7.69. The van der Waals surface area contributed by atoms with Crippen LogP contribution in [0.3, 0.4) is 0 Å². The van der Waals surface area contributed by atoms with Crippen LogP contribution in [0.25, 0.3) is 0 Å². The van der Waals surface area contributed by atoms with Crippen LogP contribution < -0.4 is 0 Å². The zero-order chi connectivity index (χ0) is 18.5. The maximum Gasteiger partial charge on any atom is 0.233 e. The van der Waals surface area contributed by atoms with Crippen molar-refractivity contribution in [2.24, 2.45) is 0 Å². The van der Waals surface area contributed by atoms with Gasteiger partial charge in [-0.2, -0.15) is 0 Å². The molecule has 4 nitrogen and oxygen atoms in total. The quantitative estimate of drug-likeness (QED) is 0.753. The number of nitrogens with zero attached hydrogens (tertiary/aromatic N) is 1. The van der Waals surface area contributed by atoms with Gasteiger partial charge in [-0.25, -0.2) is 8.42 Å². The van der Waals surface area contributed by atoms with Crippen molar-refractivity contribution >= 4 is 38.9 Å². The Morgan fingerprint density at radius 2 is 1.76 bits per heavy atom. The lowest BCUT2D eigenvalue weighted by Crippen LogP contribution is -2.51. The van der Waals surface area contributed by atoms with Gasteiger partial charge in [-0.05, 0) is 50.8 Å². The average Bonchev–Trinajstić information content (AvgIpc) is 2.59. The molecule has 2 aliphatic rings. The summed E-state index contributed by atoms with van der Waals surface area (Å²) in [7, 11) is -3.21. The minimum absolute atomic E-state index is 0.0171. The van der Waals surface area contributed by atoms with Gasteiger partial charge in [0.15, 0.2) is 9.84 Å². The third-order valence-corrected chi connectivity index (χ3v) is 9.18. The second kappa shape index (κ2) is 6.43. The predicted molar refractivity (Wildman–Crippen MR) is 101 cm³/mol. The maximum absolute atomic E-state index is 13.3. The molecule has 1 saturated heterocycles. The van der Waals surface area contributed by atoms with E-state index in [-0.39, 0.29) is 18.2 Å². The highest BCUT2D eigenvalue weighted by Gasteiger charge is 2.49. The van der Waals surface area contributed by atoms with Crippen molar-refractivity contribution in [2.45, 2.75) is 49.7 Å². The summed E-state index contributed by atoms with van der Waals surface area (Å²) in [4.78, 5) is 15.1. The van der Waals surface area contributed by atoms with Crippen LogP contribution in [-0.2, 0) is 20.0 Å². The van der Waals surface area contributed by atoms with Crippen molar-refractivity contribution in [2.75, 3.05) is 18.8 Å². The molecule has 0 atom stereocenters. The largest absolute Gasteiger partial charge is 0.341 e. The number of sulfone groups is 1. The average molecular weight is 404 g/mol. The second-order valence-corrected chi connectivity index (χ2v) is 11.2. The van der Waals surface area contributed by atoms with E-state index in [0.717, 1.165) is 24.8 Å². The monoisotopic (exact) mass is 403 g/mol. The minimum Gasteiger partial charge on any atom is -0.341 e. The standard InChI is InChI=1S/C18H23Cl2NO3S/c1-17(2)8-9-21(10-11-25(17,23)24)16(22)18(6-3-7-18)13-4-5-14(19)15(20)12-13/h4-5,12H,3,6-11H2,1-2H3. The summed E-state index contributed by atoms with van der Waals surface area (Å²) < 4.78 is 24.0. The molecule has 2 fully saturated rings. The van der Waals surface area contributed by atoms with E-state index in [4.69, 9.17) is 23.2 Å². The molecule has 3 rings (SSSR count). The molecule has 7 heteroatoms. The molecule has 25 heavy (non-hydrogen) atoms. The van der Waals surface area contributed by atoms with Crippen molar-refractivity contribution in [3.63, 3.8) is 0 Å². The lowest BCUT2D eigenvalue weighted by molar-refractivity contribution is -0.140. The predicted octanol–water partition coefficient (Wildman–Crippen LogP) is 3.84. The van der Waals surface area contributed by atoms with Crippen molar-refractivity contribution in [3.05, 3.63) is 33.8 Å². The van der Waals surface area contributed by atoms with E-state index in [1.54, 1.807) is 30.9 Å². The van der Waals surface area contributed by atoms with Gasteiger partial charge >= 0.3 is 0 Å². The number of hydrogen-bond acceptors (Lipinski definition) is 3. The summed E-state index contributed by atoms with van der Waals surface area (Å²) in [5.74, 6) is 0.0356. The number of halogens is 2. The molecule has 1 aromatic carbocycles. The SMILES string of the molecule is CC1(C)CCN(C(=O)C2(c3ccc(Cl)c(Cl)c3)CCC2)CCS1(=O)=O. The van der Waals surface area contributed by atoms with Gasteiger partial charge < -0.3 is 4.90 Å². The Morgan fingerprint density at radius 1 is 1.08 bits per heavy atom. The van der Waals surface area contributed by atoms with Gasteiger partial charge in [0, 0.05) is 13.1 Å². The fourth-order valence-electron chi connectivity index (χ4n) is 3.63. The fraction of sp³-hybridized carbons (Fsp3) is 0.611. The molecule has 1 saturated carbocycles. The van der Waals surface area contributed by atoms with Crippen LogP contribution >= 0.6 is 23.2 Å². The summed E-state index contributed by atoms with van der Waals surface area (Å²) >= 11 is 12.2. The van der Waals surface area contributed by atoms with Crippen LogP contribution in [0, 0.1) is 0 Å². The fourth-order valence-corrected chi connectivity index (χ4v) is 5.35. The van der Waals surface area contributed by atoms with Gasteiger partial charge in [-0.3, -0.25) is 4.79 Å². The summed E-state index contributed by atoms with van der Waals surface area (Å²) in [6, 6.07) is 5.37. The van der Waals surface area contributed by atoms with Crippen LogP contribution in [0.4, 0.5) is 0 Å². The van der Waals surface area contributed by atoms with Gasteiger partial charge in [0.25, 0.3) is 0 Å². The van der Waals surface area contributed by atoms with E-state index in [1.807, 2.05) is 6.07 Å². The van der Waals surface area contributed by atoms with E-state index >= 15 is 0 Å². The van der Waals surface area contributed by atoms with Gasteiger partial charge in [0.2, 0.25) is 5.91 Å². The molecule has 1 aliphatic carbocycles. The first-order valence-electron chi connectivity index (χ1n) is 8.56. The molecule has 0 bridgehead atoms. The molecule has 0 unspecified atom stereocenters. The zero-order valence-electron chi connectivity index (χ0n) is 14.5. The summed E-state index contributed by atoms with van der Waals surface area (Å²) in [6.07, 6.45) is 2.95. The molecule has 0 spiro atoms. The summed E-state index contributed by atoms with van der Waals surface area (Å²) in [6.45, 7) is 4.21. The molecule has 1 heterocycles. The topological polar surface area (TPSA) is 54.5 Å². The van der Waals surface area contributed by atoms with E-state index in [0.29, 0.717) is 23.0 Å². The summed E-state index contributed by atoms with van der Waals surface area (Å²) in [5, 5.41) is 0.910. The van der Waals surface area contributed by atoms with Crippen LogP contribution in [0.15, 0.2) is 18.2 Å². The number of carbonyl (C=O) groups excluding carboxylic acids is 1. The summed E-state index contributed by atoms with van der Waals surface area (Å²) in [5.41, 5.74) is 0.288. The Labute approximate surface area is 159 Å². The molecular weight excluding hydrogens is 381 g/mol. The molecular formula is C18H23Cl2NO3S. The number of rotatable bonds is 2. The van der Waals surface area contributed by atoms with E-state index in [1.165, 1.54) is 0 Å². The highest BCUT2D eigenvalue weighted by molar-refractivity contribution is 7.92. The van der Waals surface area contributed by atoms with Crippen molar-refractivity contribution in [1.82, 2.24) is 4.90 Å². The Bertz CT molecular complexity index is 801. The smallest absolute Gasteiger partial charge is 0.233 e. The van der Waals surface area contributed by atoms with Crippen LogP contribution in [0.2, 0.25) is 10.0 Å². The van der Waals surface area contributed by atoms with E-state index in [9.17, 15) is 13.2 Å². The lowest BCUT2D eigenvalue weighted by atomic mass is 9.63. The van der Waals surface area contributed by atoms with Gasteiger partial charge in [-0.1, -0.05) is 35.7 Å². The first kappa shape index (κ1) is 19.0. The first-order chi connectivity index (χ1) is 11.6. The highest BCUT2D eigenvalue weighted by Crippen LogP contribution is 2.46. The molecule has 1 aromatic rings. The molecule has 0 radical (unpaired) electrons. The molecule has 1 amide bonds. The molecule has 0 N–H and O–H groups in total. The number of amides is 1. The van der Waals surface area contributed by atoms with E-state index < -0.39 is 20.0 Å². The molecule has 0 aromatic heterocycles. The van der Waals surface area contributed by atoms with Gasteiger partial charge in [0.05, 0.1) is 26.0 Å². The number of carbonyl (C=O) groups is 1. The third kappa shape index (κ3) is 3.19. The number of hydrogen-bond donors (Lipinski definition) is 0. The molecule has 138 valence electrons. The van der Waals surface area contributed by atoms with Crippen LogP contribution in [-0.4, -0.2) is 42.8 Å².